The maximum absolute atomic E-state index is 12.4. The lowest BCUT2D eigenvalue weighted by Gasteiger charge is -2.36. The molecule has 0 aliphatic carbocycles. The summed E-state index contributed by atoms with van der Waals surface area (Å²) in [6.45, 7) is 3.45. The van der Waals surface area contributed by atoms with Gasteiger partial charge in [0.2, 0.25) is 4.93 Å². The number of carbonyl (C=O) groups is 1. The summed E-state index contributed by atoms with van der Waals surface area (Å²) in [7, 11) is 3.18. The molecule has 1 aliphatic rings. The van der Waals surface area contributed by atoms with Crippen LogP contribution in [0.15, 0.2) is 29.4 Å². The van der Waals surface area contributed by atoms with Gasteiger partial charge in [0.25, 0.3) is 5.91 Å². The highest BCUT2D eigenvalue weighted by Crippen LogP contribution is 2.33. The van der Waals surface area contributed by atoms with Gasteiger partial charge in [-0.1, -0.05) is 17.8 Å². The third kappa shape index (κ3) is 4.82. The molecule has 0 bridgehead atoms. The number of thioether (sulfide) groups is 1. The minimum Gasteiger partial charge on any atom is -0.379 e. The van der Waals surface area contributed by atoms with Crippen molar-refractivity contribution in [2.45, 2.75) is 9.96 Å². The molecule has 1 atom stereocenters. The van der Waals surface area contributed by atoms with Crippen molar-refractivity contribution >= 4 is 30.1 Å². The maximum atomic E-state index is 12.4. The molecule has 0 saturated carbocycles. The fourth-order valence-electron chi connectivity index (χ4n) is 2.17. The van der Waals surface area contributed by atoms with Crippen molar-refractivity contribution in [2.24, 2.45) is 0 Å². The number of pyridine rings is 1. The van der Waals surface area contributed by atoms with Gasteiger partial charge in [0.05, 0.1) is 18.2 Å². The van der Waals surface area contributed by atoms with E-state index >= 15 is 0 Å². The van der Waals surface area contributed by atoms with Gasteiger partial charge in [-0.3, -0.25) is 9.69 Å². The zero-order valence-corrected chi connectivity index (χ0v) is 14.4. The van der Waals surface area contributed by atoms with Gasteiger partial charge >= 0.3 is 0 Å². The highest BCUT2D eigenvalue weighted by molar-refractivity contribution is 8.01. The third-order valence-electron chi connectivity index (χ3n) is 3.35. The quantitative estimate of drug-likeness (QED) is 0.612. The first kappa shape index (κ1) is 19.2. The summed E-state index contributed by atoms with van der Waals surface area (Å²) >= 11 is 1.33. The van der Waals surface area contributed by atoms with Crippen LogP contribution in [0.5, 0.6) is 0 Å². The van der Waals surface area contributed by atoms with E-state index in [1.807, 2.05) is 18.2 Å². The van der Waals surface area contributed by atoms with Gasteiger partial charge in [-0.15, -0.1) is 12.4 Å². The van der Waals surface area contributed by atoms with Gasteiger partial charge in [-0.2, -0.15) is 0 Å². The molecule has 1 saturated heterocycles. The van der Waals surface area contributed by atoms with E-state index in [0.717, 1.165) is 18.1 Å². The Morgan fingerprint density at radius 2 is 2.23 bits per heavy atom. The molecule has 8 heteroatoms. The fourth-order valence-corrected chi connectivity index (χ4v) is 3.29. The van der Waals surface area contributed by atoms with E-state index in [9.17, 15) is 4.79 Å². The molecule has 1 amide bonds. The predicted octanol–water partition coefficient (Wildman–Crippen LogP) is 1.02. The second kappa shape index (κ2) is 9.32. The minimum absolute atomic E-state index is 0. The second-order valence-electron chi connectivity index (χ2n) is 4.69. The highest BCUT2D eigenvalue weighted by atomic mass is 35.5. The summed E-state index contributed by atoms with van der Waals surface area (Å²) in [5.41, 5.74) is 0. The monoisotopic (exact) mass is 347 g/mol. The molecule has 1 unspecified atom stereocenters. The number of nitrogens with zero attached hydrogens (tertiary/aromatic N) is 2. The van der Waals surface area contributed by atoms with Crippen molar-refractivity contribution in [1.29, 1.82) is 0 Å². The summed E-state index contributed by atoms with van der Waals surface area (Å²) in [5.74, 6) is -0.160. The Morgan fingerprint density at radius 1 is 1.50 bits per heavy atom. The molecule has 1 aromatic heterocycles. The van der Waals surface area contributed by atoms with Crippen LogP contribution in [0.25, 0.3) is 0 Å². The lowest BCUT2D eigenvalue weighted by atomic mass is 10.2. The lowest BCUT2D eigenvalue weighted by molar-refractivity contribution is -0.135. The zero-order valence-electron chi connectivity index (χ0n) is 12.8. The summed E-state index contributed by atoms with van der Waals surface area (Å²) in [5, 5.41) is 3.46. The van der Waals surface area contributed by atoms with Crippen molar-refractivity contribution in [3.63, 3.8) is 0 Å². The van der Waals surface area contributed by atoms with Crippen molar-refractivity contribution in [2.75, 3.05) is 47.0 Å². The van der Waals surface area contributed by atoms with Crippen molar-refractivity contribution < 1.29 is 14.3 Å². The van der Waals surface area contributed by atoms with E-state index in [1.165, 1.54) is 11.8 Å². The predicted molar refractivity (Wildman–Crippen MR) is 88.4 cm³/mol. The molecule has 0 aromatic carbocycles. The van der Waals surface area contributed by atoms with Crippen LogP contribution < -0.4 is 5.32 Å². The molecule has 2 heterocycles. The molecular formula is C14H22ClN3O3S. The van der Waals surface area contributed by atoms with Crippen LogP contribution in [0.4, 0.5) is 0 Å². The molecule has 124 valence electrons. The van der Waals surface area contributed by atoms with Crippen LogP contribution in [-0.2, 0) is 14.3 Å². The molecule has 22 heavy (non-hydrogen) atoms. The standard InChI is InChI=1S/C14H21N3O3S.ClH/c1-15-13(18)14(19-2,11-17-7-9-20-10-8-17)21-12-5-3-4-6-16-12;/h3-6H,7-11H2,1-2H3,(H,15,18);1H. The van der Waals surface area contributed by atoms with E-state index < -0.39 is 4.93 Å². The van der Waals surface area contributed by atoms with Crippen molar-refractivity contribution in [3.8, 4) is 0 Å². The van der Waals surface area contributed by atoms with Crippen LogP contribution in [0.2, 0.25) is 0 Å². The highest BCUT2D eigenvalue weighted by Gasteiger charge is 2.41. The number of nitrogens with one attached hydrogen (secondary N) is 1. The summed E-state index contributed by atoms with van der Waals surface area (Å²) < 4.78 is 11.0. The number of methoxy groups -OCH3 is 1. The van der Waals surface area contributed by atoms with Gasteiger partial charge in [0, 0.05) is 40.0 Å². The zero-order chi connectivity index (χ0) is 15.1. The molecule has 1 aromatic rings. The number of carbonyl (C=O) groups excluding carboxylic acids is 1. The van der Waals surface area contributed by atoms with Crippen LogP contribution in [-0.4, -0.2) is 67.7 Å². The Morgan fingerprint density at radius 3 is 2.77 bits per heavy atom. The molecule has 0 radical (unpaired) electrons. The normalized spacial score (nSPS) is 18.1. The Hall–Kier alpha value is -0.860. The average molecular weight is 348 g/mol. The van der Waals surface area contributed by atoms with Crippen molar-refractivity contribution in [1.82, 2.24) is 15.2 Å². The van der Waals surface area contributed by atoms with E-state index in [1.54, 1.807) is 20.4 Å². The number of halogens is 1. The number of amides is 1. The Balaban J connectivity index is 0.00000242. The van der Waals surface area contributed by atoms with Gasteiger partial charge in [0.1, 0.15) is 0 Å². The number of rotatable bonds is 6. The van der Waals surface area contributed by atoms with Gasteiger partial charge in [0.15, 0.2) is 0 Å². The van der Waals surface area contributed by atoms with Crippen LogP contribution >= 0.6 is 24.2 Å². The van der Waals surface area contributed by atoms with E-state index in [2.05, 4.69) is 15.2 Å². The van der Waals surface area contributed by atoms with E-state index in [4.69, 9.17) is 9.47 Å². The lowest BCUT2D eigenvalue weighted by Crippen LogP contribution is -2.54. The Kier molecular flexibility index (Phi) is 8.13. The Labute approximate surface area is 141 Å². The van der Waals surface area contributed by atoms with Crippen LogP contribution in [0.3, 0.4) is 0 Å². The molecule has 1 N–H and O–H groups in total. The number of morpholine rings is 1. The molecule has 6 nitrogen and oxygen atoms in total. The number of hydrogen-bond donors (Lipinski definition) is 1. The van der Waals surface area contributed by atoms with Gasteiger partial charge in [-0.25, -0.2) is 4.98 Å². The molecule has 0 spiro atoms. The van der Waals surface area contributed by atoms with Crippen LogP contribution in [0.1, 0.15) is 0 Å². The van der Waals surface area contributed by atoms with Gasteiger partial charge in [-0.05, 0) is 12.1 Å². The molecule has 2 rings (SSSR count). The smallest absolute Gasteiger partial charge is 0.264 e. The summed E-state index contributed by atoms with van der Waals surface area (Å²) in [6, 6.07) is 5.62. The number of hydrogen-bond acceptors (Lipinski definition) is 6. The first-order valence-electron chi connectivity index (χ1n) is 6.87. The van der Waals surface area contributed by atoms with Gasteiger partial charge < -0.3 is 14.8 Å². The average Bonchev–Trinajstić information content (AvgIpc) is 2.55. The topological polar surface area (TPSA) is 63.7 Å². The first-order valence-corrected chi connectivity index (χ1v) is 7.69. The first-order chi connectivity index (χ1) is 10.2. The number of ether oxygens (including phenoxy) is 2. The number of aromatic nitrogens is 1. The molecule has 1 aliphatic heterocycles. The second-order valence-corrected chi connectivity index (χ2v) is 5.98. The molecule has 1 fully saturated rings. The van der Waals surface area contributed by atoms with E-state index in [-0.39, 0.29) is 18.3 Å². The summed E-state index contributed by atoms with van der Waals surface area (Å²) in [6.07, 6.45) is 1.71. The summed E-state index contributed by atoms with van der Waals surface area (Å²) in [4.78, 5) is 17.8. The van der Waals surface area contributed by atoms with Crippen molar-refractivity contribution in [3.05, 3.63) is 24.4 Å². The Bertz CT molecular complexity index is 460. The maximum Gasteiger partial charge on any atom is 0.264 e. The molecular weight excluding hydrogens is 326 g/mol. The number of likely N-dealkylation sites (N-methyl/N-ethyl adjacent to an activating group) is 1. The van der Waals surface area contributed by atoms with Crippen LogP contribution in [0, 0.1) is 0 Å². The van der Waals surface area contributed by atoms with E-state index in [0.29, 0.717) is 19.8 Å². The SMILES string of the molecule is CNC(=O)C(CN1CCOCC1)(OC)Sc1ccccn1.Cl. The minimum atomic E-state index is -1.01. The third-order valence-corrected chi connectivity index (χ3v) is 4.61. The largest absolute Gasteiger partial charge is 0.379 e. The fraction of sp³-hybridized carbons (Fsp3) is 0.571.